The SMILES string of the molecule is O=C(Cn1cnc2sc(-c3ccccc3)cc2c1=O)N1CCOC(c2ccc(F)cc2)C1. The smallest absolute Gasteiger partial charge is 0.262 e. The van der Waals surface area contributed by atoms with Crippen molar-refractivity contribution in [1.29, 1.82) is 0 Å². The Balaban J connectivity index is 1.34. The lowest BCUT2D eigenvalue weighted by molar-refractivity contribution is -0.139. The third-order valence-corrected chi connectivity index (χ3v) is 6.64. The second-order valence-corrected chi connectivity index (χ2v) is 8.65. The molecule has 1 fully saturated rings. The molecule has 1 saturated heterocycles. The van der Waals surface area contributed by atoms with Gasteiger partial charge < -0.3 is 9.64 Å². The first-order chi connectivity index (χ1) is 15.6. The molecule has 0 aliphatic carbocycles. The molecule has 3 heterocycles. The summed E-state index contributed by atoms with van der Waals surface area (Å²) in [5.41, 5.74) is 1.61. The molecule has 0 radical (unpaired) electrons. The van der Waals surface area contributed by atoms with Crippen molar-refractivity contribution in [2.45, 2.75) is 12.6 Å². The molecular formula is C24H20FN3O3S. The highest BCUT2D eigenvalue weighted by Gasteiger charge is 2.26. The van der Waals surface area contributed by atoms with E-state index in [1.165, 1.54) is 34.4 Å². The first-order valence-electron chi connectivity index (χ1n) is 10.3. The number of benzene rings is 2. The number of fused-ring (bicyclic) bond motifs is 1. The standard InChI is InChI=1S/C24H20FN3O3S/c25-18-8-6-16(7-9-18)20-13-27(10-11-31-20)22(29)14-28-15-26-23-19(24(28)30)12-21(32-23)17-4-2-1-3-5-17/h1-9,12,15,20H,10-11,13-14H2. The number of carbonyl (C=O) groups is 1. The Labute approximate surface area is 187 Å². The summed E-state index contributed by atoms with van der Waals surface area (Å²) in [5, 5.41) is 0.510. The van der Waals surface area contributed by atoms with Crippen molar-refractivity contribution in [3.8, 4) is 10.4 Å². The number of rotatable bonds is 4. The Bertz CT molecular complexity index is 1320. The van der Waals surface area contributed by atoms with E-state index in [9.17, 15) is 14.0 Å². The Kier molecular flexibility index (Phi) is 5.55. The minimum Gasteiger partial charge on any atom is -0.370 e. The fraction of sp³-hybridized carbons (Fsp3) is 0.208. The molecule has 1 atom stereocenters. The molecule has 6 nitrogen and oxygen atoms in total. The van der Waals surface area contributed by atoms with Crippen molar-refractivity contribution in [3.05, 3.63) is 88.7 Å². The van der Waals surface area contributed by atoms with Gasteiger partial charge in [0.05, 0.1) is 24.9 Å². The monoisotopic (exact) mass is 449 g/mol. The van der Waals surface area contributed by atoms with Crippen molar-refractivity contribution < 1.29 is 13.9 Å². The molecule has 2 aromatic carbocycles. The highest BCUT2D eigenvalue weighted by Crippen LogP contribution is 2.30. The van der Waals surface area contributed by atoms with Gasteiger partial charge in [0, 0.05) is 11.4 Å². The van der Waals surface area contributed by atoms with Crippen LogP contribution in [0.2, 0.25) is 0 Å². The van der Waals surface area contributed by atoms with E-state index >= 15 is 0 Å². The lowest BCUT2D eigenvalue weighted by atomic mass is 10.1. The Morgan fingerprint density at radius 3 is 2.72 bits per heavy atom. The van der Waals surface area contributed by atoms with Crippen molar-refractivity contribution in [2.24, 2.45) is 0 Å². The Morgan fingerprint density at radius 1 is 1.16 bits per heavy atom. The zero-order valence-corrected chi connectivity index (χ0v) is 17.9. The number of halogens is 1. The molecule has 0 spiro atoms. The van der Waals surface area contributed by atoms with Gasteiger partial charge in [0.1, 0.15) is 23.3 Å². The van der Waals surface area contributed by atoms with E-state index in [1.54, 1.807) is 17.0 Å². The quantitative estimate of drug-likeness (QED) is 0.475. The fourth-order valence-corrected chi connectivity index (χ4v) is 4.81. The third-order valence-electron chi connectivity index (χ3n) is 5.54. The molecule has 5 rings (SSSR count). The maximum atomic E-state index is 13.2. The van der Waals surface area contributed by atoms with Crippen molar-refractivity contribution in [2.75, 3.05) is 19.7 Å². The number of amides is 1. The summed E-state index contributed by atoms with van der Waals surface area (Å²) in [6, 6.07) is 17.7. The molecule has 162 valence electrons. The molecule has 1 aliphatic rings. The van der Waals surface area contributed by atoms with Gasteiger partial charge in [-0.1, -0.05) is 42.5 Å². The van der Waals surface area contributed by atoms with Crippen LogP contribution in [0.25, 0.3) is 20.7 Å². The molecule has 32 heavy (non-hydrogen) atoms. The van der Waals surface area contributed by atoms with Crippen LogP contribution in [0.1, 0.15) is 11.7 Å². The van der Waals surface area contributed by atoms with Gasteiger partial charge in [-0.05, 0) is 29.3 Å². The minimum atomic E-state index is -0.323. The molecule has 0 bridgehead atoms. The normalized spacial score (nSPS) is 16.4. The molecule has 0 N–H and O–H groups in total. The number of thiophene rings is 1. The number of hydrogen-bond acceptors (Lipinski definition) is 5. The van der Waals surface area contributed by atoms with Gasteiger partial charge in [-0.2, -0.15) is 0 Å². The number of nitrogens with zero attached hydrogens (tertiary/aromatic N) is 3. The summed E-state index contributed by atoms with van der Waals surface area (Å²) in [7, 11) is 0. The van der Waals surface area contributed by atoms with Crippen LogP contribution >= 0.6 is 11.3 Å². The number of morpholine rings is 1. The van der Waals surface area contributed by atoms with Crippen LogP contribution in [0.15, 0.2) is 71.8 Å². The summed E-state index contributed by atoms with van der Waals surface area (Å²) in [6.45, 7) is 1.09. The molecule has 4 aromatic rings. The number of ether oxygens (including phenoxy) is 1. The second-order valence-electron chi connectivity index (χ2n) is 7.62. The zero-order valence-electron chi connectivity index (χ0n) is 17.1. The van der Waals surface area contributed by atoms with E-state index in [1.807, 2.05) is 36.4 Å². The Hall–Kier alpha value is -3.36. The van der Waals surface area contributed by atoms with Crippen LogP contribution in [0.5, 0.6) is 0 Å². The van der Waals surface area contributed by atoms with E-state index < -0.39 is 0 Å². The summed E-state index contributed by atoms with van der Waals surface area (Å²) < 4.78 is 20.3. The topological polar surface area (TPSA) is 64.4 Å². The predicted octanol–water partition coefficient (Wildman–Crippen LogP) is 3.86. The Morgan fingerprint density at radius 2 is 1.94 bits per heavy atom. The summed E-state index contributed by atoms with van der Waals surface area (Å²) >= 11 is 1.46. The zero-order chi connectivity index (χ0) is 22.1. The van der Waals surface area contributed by atoms with Gasteiger partial charge in [0.15, 0.2) is 0 Å². The maximum absolute atomic E-state index is 13.2. The van der Waals surface area contributed by atoms with Crippen molar-refractivity contribution in [1.82, 2.24) is 14.5 Å². The van der Waals surface area contributed by atoms with Crippen LogP contribution in [0.4, 0.5) is 4.39 Å². The van der Waals surface area contributed by atoms with E-state index in [0.717, 1.165) is 16.0 Å². The van der Waals surface area contributed by atoms with E-state index in [4.69, 9.17) is 4.74 Å². The first-order valence-corrected chi connectivity index (χ1v) is 11.1. The average molecular weight is 450 g/mol. The molecule has 1 amide bonds. The van der Waals surface area contributed by atoms with Gasteiger partial charge in [-0.3, -0.25) is 14.2 Å². The van der Waals surface area contributed by atoms with Crippen LogP contribution in [0, 0.1) is 5.82 Å². The molecule has 0 saturated carbocycles. The maximum Gasteiger partial charge on any atom is 0.262 e. The molecule has 8 heteroatoms. The molecule has 1 unspecified atom stereocenters. The third kappa shape index (κ3) is 4.06. The first kappa shape index (κ1) is 20.5. The highest BCUT2D eigenvalue weighted by atomic mass is 32.1. The molecule has 1 aliphatic heterocycles. The largest absolute Gasteiger partial charge is 0.370 e. The fourth-order valence-electron chi connectivity index (χ4n) is 3.82. The molecule has 2 aromatic heterocycles. The van der Waals surface area contributed by atoms with Gasteiger partial charge in [-0.15, -0.1) is 11.3 Å². The van der Waals surface area contributed by atoms with Crippen LogP contribution in [-0.4, -0.2) is 40.1 Å². The minimum absolute atomic E-state index is 0.0889. The van der Waals surface area contributed by atoms with Gasteiger partial charge in [0.2, 0.25) is 5.91 Å². The summed E-state index contributed by atoms with van der Waals surface area (Å²) in [4.78, 5) is 33.6. The highest BCUT2D eigenvalue weighted by molar-refractivity contribution is 7.21. The lowest BCUT2D eigenvalue weighted by Crippen LogP contribution is -2.44. The summed E-state index contributed by atoms with van der Waals surface area (Å²) in [5.74, 6) is -0.495. The molecular weight excluding hydrogens is 429 g/mol. The summed E-state index contributed by atoms with van der Waals surface area (Å²) in [6.07, 6.45) is 1.11. The van der Waals surface area contributed by atoms with Crippen LogP contribution < -0.4 is 5.56 Å². The van der Waals surface area contributed by atoms with E-state index in [2.05, 4.69) is 4.98 Å². The second kappa shape index (κ2) is 8.64. The number of carbonyl (C=O) groups excluding carboxylic acids is 1. The van der Waals surface area contributed by atoms with Gasteiger partial charge >= 0.3 is 0 Å². The van der Waals surface area contributed by atoms with Gasteiger partial charge in [0.25, 0.3) is 5.56 Å². The van der Waals surface area contributed by atoms with Crippen molar-refractivity contribution in [3.63, 3.8) is 0 Å². The van der Waals surface area contributed by atoms with E-state index in [0.29, 0.717) is 29.9 Å². The van der Waals surface area contributed by atoms with Crippen LogP contribution in [-0.2, 0) is 16.1 Å². The van der Waals surface area contributed by atoms with E-state index in [-0.39, 0.29) is 29.9 Å². The van der Waals surface area contributed by atoms with Crippen LogP contribution in [0.3, 0.4) is 0 Å². The van der Waals surface area contributed by atoms with Crippen molar-refractivity contribution >= 4 is 27.5 Å². The lowest BCUT2D eigenvalue weighted by Gasteiger charge is -2.33. The predicted molar refractivity (Wildman–Crippen MR) is 121 cm³/mol. The van der Waals surface area contributed by atoms with Gasteiger partial charge in [-0.25, -0.2) is 9.37 Å². The average Bonchev–Trinajstić information content (AvgIpc) is 3.27. The number of aromatic nitrogens is 2. The number of hydrogen-bond donors (Lipinski definition) is 0.